The summed E-state index contributed by atoms with van der Waals surface area (Å²) in [5, 5.41) is 11.1. The number of para-hydroxylation sites is 1. The number of nitrogens with zero attached hydrogens (tertiary/aromatic N) is 1. The van der Waals surface area contributed by atoms with Gasteiger partial charge in [-0.05, 0) is 24.3 Å². The Morgan fingerprint density at radius 1 is 1.25 bits per heavy atom. The van der Waals surface area contributed by atoms with Crippen molar-refractivity contribution in [3.8, 4) is 0 Å². The number of rotatable bonds is 3. The topological polar surface area (TPSA) is 105 Å². The van der Waals surface area contributed by atoms with Crippen LogP contribution in [0.3, 0.4) is 0 Å². The summed E-state index contributed by atoms with van der Waals surface area (Å²) in [6.07, 6.45) is 1.19. The van der Waals surface area contributed by atoms with Gasteiger partial charge in [0.15, 0.2) is 0 Å². The number of amides is 1. The summed E-state index contributed by atoms with van der Waals surface area (Å²) >= 11 is 0. The van der Waals surface area contributed by atoms with Crippen LogP contribution >= 0.6 is 0 Å². The van der Waals surface area contributed by atoms with Crippen LogP contribution in [0.15, 0.2) is 36.5 Å². The molecular formula is C13H10FN3O3. The van der Waals surface area contributed by atoms with E-state index >= 15 is 0 Å². The van der Waals surface area contributed by atoms with E-state index in [2.05, 4.69) is 10.3 Å². The third kappa shape index (κ3) is 2.72. The first-order chi connectivity index (χ1) is 9.49. The number of carbonyl (C=O) groups is 2. The van der Waals surface area contributed by atoms with Crippen LogP contribution in [-0.2, 0) is 0 Å². The molecule has 1 aromatic heterocycles. The third-order valence-electron chi connectivity index (χ3n) is 2.54. The van der Waals surface area contributed by atoms with Gasteiger partial charge < -0.3 is 16.2 Å². The van der Waals surface area contributed by atoms with Gasteiger partial charge in [-0.1, -0.05) is 6.07 Å². The van der Waals surface area contributed by atoms with Crippen molar-refractivity contribution in [3.05, 3.63) is 53.6 Å². The number of pyridine rings is 1. The fraction of sp³-hybridized carbons (Fsp3) is 0. The van der Waals surface area contributed by atoms with Gasteiger partial charge in [0, 0.05) is 0 Å². The molecule has 1 amide bonds. The first kappa shape index (κ1) is 13.5. The van der Waals surface area contributed by atoms with Gasteiger partial charge in [-0.3, -0.25) is 4.79 Å². The molecule has 102 valence electrons. The summed E-state index contributed by atoms with van der Waals surface area (Å²) in [4.78, 5) is 26.2. The Hall–Kier alpha value is -2.96. The number of aromatic carboxylic acids is 1. The molecule has 0 spiro atoms. The van der Waals surface area contributed by atoms with Gasteiger partial charge in [0.1, 0.15) is 11.5 Å². The van der Waals surface area contributed by atoms with E-state index in [-0.39, 0.29) is 22.6 Å². The predicted molar refractivity (Wildman–Crippen MR) is 70.0 cm³/mol. The Morgan fingerprint density at radius 3 is 2.60 bits per heavy atom. The number of carboxylic acids is 1. The number of nitrogens with one attached hydrogen (secondary N) is 1. The maximum atomic E-state index is 13.2. The molecule has 0 saturated heterocycles. The number of anilines is 2. The number of hydrogen-bond donors (Lipinski definition) is 3. The fourth-order valence-electron chi connectivity index (χ4n) is 1.53. The van der Waals surface area contributed by atoms with Crippen molar-refractivity contribution in [2.45, 2.75) is 0 Å². The van der Waals surface area contributed by atoms with Gasteiger partial charge in [-0.2, -0.15) is 0 Å². The highest BCUT2D eigenvalue weighted by Gasteiger charge is 2.13. The molecule has 2 aromatic rings. The van der Waals surface area contributed by atoms with E-state index < -0.39 is 17.7 Å². The van der Waals surface area contributed by atoms with Crippen LogP contribution in [0.5, 0.6) is 0 Å². The molecule has 1 heterocycles. The van der Waals surface area contributed by atoms with Gasteiger partial charge in [-0.25, -0.2) is 14.2 Å². The molecule has 4 N–H and O–H groups in total. The zero-order valence-electron chi connectivity index (χ0n) is 10.1. The smallest absolute Gasteiger partial charge is 0.354 e. The van der Waals surface area contributed by atoms with Crippen LogP contribution < -0.4 is 11.1 Å². The van der Waals surface area contributed by atoms with Crippen LogP contribution in [0.1, 0.15) is 20.8 Å². The number of carboxylic acid groups (broad SMARTS) is 1. The Labute approximate surface area is 113 Å². The fourth-order valence-corrected chi connectivity index (χ4v) is 1.53. The Kier molecular flexibility index (Phi) is 3.60. The van der Waals surface area contributed by atoms with Crippen LogP contribution in [0.4, 0.5) is 15.8 Å². The summed E-state index contributed by atoms with van der Waals surface area (Å²) in [5.74, 6) is -2.46. The molecular weight excluding hydrogens is 265 g/mol. The summed E-state index contributed by atoms with van der Waals surface area (Å²) in [5.41, 5.74) is 5.35. The average molecular weight is 275 g/mol. The minimum absolute atomic E-state index is 0.00712. The van der Waals surface area contributed by atoms with Crippen LogP contribution in [-0.4, -0.2) is 22.0 Å². The zero-order chi connectivity index (χ0) is 14.7. The number of nitrogen functional groups attached to an aromatic ring is 1. The molecule has 0 atom stereocenters. The van der Waals surface area contributed by atoms with Crippen molar-refractivity contribution >= 4 is 23.3 Å². The monoisotopic (exact) mass is 275 g/mol. The van der Waals surface area contributed by atoms with Gasteiger partial charge in [0.2, 0.25) is 0 Å². The van der Waals surface area contributed by atoms with E-state index in [4.69, 9.17) is 10.8 Å². The first-order valence-electron chi connectivity index (χ1n) is 5.53. The number of carbonyl (C=O) groups excluding carboxylic acids is 1. The Balaban J connectivity index is 2.19. The van der Waals surface area contributed by atoms with Gasteiger partial charge >= 0.3 is 5.97 Å². The highest BCUT2D eigenvalue weighted by atomic mass is 19.1. The normalized spacial score (nSPS) is 10.1. The van der Waals surface area contributed by atoms with Crippen molar-refractivity contribution in [1.29, 1.82) is 0 Å². The number of nitrogens with two attached hydrogens (primary N) is 1. The molecule has 0 fully saturated rings. The predicted octanol–water partition coefficient (Wildman–Crippen LogP) is 1.75. The van der Waals surface area contributed by atoms with E-state index in [0.717, 1.165) is 6.07 Å². The lowest BCUT2D eigenvalue weighted by atomic mass is 10.1. The Bertz CT molecular complexity index is 671. The average Bonchev–Trinajstić information content (AvgIpc) is 2.42. The maximum absolute atomic E-state index is 13.2. The summed E-state index contributed by atoms with van der Waals surface area (Å²) in [6.45, 7) is 0. The molecule has 0 aliphatic heterocycles. The van der Waals surface area contributed by atoms with Crippen molar-refractivity contribution in [2.75, 3.05) is 11.1 Å². The molecule has 0 radical (unpaired) electrons. The summed E-state index contributed by atoms with van der Waals surface area (Å²) in [6, 6.07) is 6.52. The van der Waals surface area contributed by atoms with Crippen LogP contribution in [0.25, 0.3) is 0 Å². The molecule has 0 aliphatic rings. The van der Waals surface area contributed by atoms with Crippen molar-refractivity contribution in [1.82, 2.24) is 4.98 Å². The second kappa shape index (κ2) is 5.35. The van der Waals surface area contributed by atoms with Crippen LogP contribution in [0.2, 0.25) is 0 Å². The van der Waals surface area contributed by atoms with E-state index in [9.17, 15) is 14.0 Å². The molecule has 20 heavy (non-hydrogen) atoms. The SMILES string of the molecule is Nc1c(F)cccc1C(=O)Nc1ccc(C(=O)O)nc1. The molecule has 7 heteroatoms. The van der Waals surface area contributed by atoms with Crippen LogP contribution in [0, 0.1) is 5.82 Å². The lowest BCUT2D eigenvalue weighted by Crippen LogP contribution is -2.15. The minimum atomic E-state index is -1.17. The largest absolute Gasteiger partial charge is 0.477 e. The Morgan fingerprint density at radius 2 is 2.00 bits per heavy atom. The molecule has 2 rings (SSSR count). The number of halogens is 1. The lowest BCUT2D eigenvalue weighted by molar-refractivity contribution is 0.0690. The van der Waals surface area contributed by atoms with Crippen molar-refractivity contribution in [2.24, 2.45) is 0 Å². The summed E-state index contributed by atoms with van der Waals surface area (Å²) in [7, 11) is 0. The van der Waals surface area contributed by atoms with E-state index in [1.165, 1.54) is 30.5 Å². The molecule has 6 nitrogen and oxygen atoms in total. The molecule has 1 aromatic carbocycles. The molecule has 0 aliphatic carbocycles. The lowest BCUT2D eigenvalue weighted by Gasteiger charge is -2.07. The minimum Gasteiger partial charge on any atom is -0.477 e. The number of aromatic nitrogens is 1. The molecule has 0 bridgehead atoms. The molecule has 0 unspecified atom stereocenters. The van der Waals surface area contributed by atoms with Crippen molar-refractivity contribution < 1.29 is 19.1 Å². The van der Waals surface area contributed by atoms with Gasteiger partial charge in [0.05, 0.1) is 23.1 Å². The number of benzene rings is 1. The van der Waals surface area contributed by atoms with E-state index in [1.807, 2.05) is 0 Å². The van der Waals surface area contributed by atoms with Gasteiger partial charge in [0.25, 0.3) is 5.91 Å². The first-order valence-corrected chi connectivity index (χ1v) is 5.53. The second-order valence-electron chi connectivity index (χ2n) is 3.89. The molecule has 0 saturated carbocycles. The van der Waals surface area contributed by atoms with E-state index in [0.29, 0.717) is 0 Å². The maximum Gasteiger partial charge on any atom is 0.354 e. The zero-order valence-corrected chi connectivity index (χ0v) is 10.1. The standard InChI is InChI=1S/C13H10FN3O3/c14-9-3-1-2-8(11(9)15)12(18)17-7-4-5-10(13(19)20)16-6-7/h1-6H,15H2,(H,17,18)(H,19,20). The van der Waals surface area contributed by atoms with Crippen molar-refractivity contribution in [3.63, 3.8) is 0 Å². The highest BCUT2D eigenvalue weighted by molar-refractivity contribution is 6.07. The number of hydrogen-bond acceptors (Lipinski definition) is 4. The highest BCUT2D eigenvalue weighted by Crippen LogP contribution is 2.17. The van der Waals surface area contributed by atoms with Gasteiger partial charge in [-0.15, -0.1) is 0 Å². The second-order valence-corrected chi connectivity index (χ2v) is 3.89. The quantitative estimate of drug-likeness (QED) is 0.740. The summed E-state index contributed by atoms with van der Waals surface area (Å²) < 4.78 is 13.2. The third-order valence-corrected chi connectivity index (χ3v) is 2.54. The van der Waals surface area contributed by atoms with E-state index in [1.54, 1.807) is 0 Å².